The number of piperidine rings is 1. The minimum absolute atomic E-state index is 0.0513. The molecule has 6 heteroatoms. The van der Waals surface area contributed by atoms with Crippen molar-refractivity contribution in [1.82, 2.24) is 15.3 Å². The Morgan fingerprint density at radius 1 is 1.47 bits per heavy atom. The van der Waals surface area contributed by atoms with Crippen LogP contribution in [0.15, 0.2) is 12.4 Å². The molecule has 2 heterocycles. The molecule has 1 aromatic heterocycles. The van der Waals surface area contributed by atoms with Crippen molar-refractivity contribution in [3.05, 3.63) is 12.4 Å². The molecule has 104 valence electrons. The van der Waals surface area contributed by atoms with Crippen LogP contribution in [0.1, 0.15) is 26.2 Å². The van der Waals surface area contributed by atoms with Crippen LogP contribution >= 0.6 is 0 Å². The maximum atomic E-state index is 11.9. The van der Waals surface area contributed by atoms with Crippen LogP contribution in [-0.2, 0) is 4.79 Å². The summed E-state index contributed by atoms with van der Waals surface area (Å²) in [5.74, 6) is 1.57. The van der Waals surface area contributed by atoms with Gasteiger partial charge < -0.3 is 15.5 Å². The summed E-state index contributed by atoms with van der Waals surface area (Å²) in [6.07, 6.45) is 6.45. The van der Waals surface area contributed by atoms with Crippen LogP contribution in [0.2, 0.25) is 0 Å². The minimum Gasteiger partial charge on any atom is -0.369 e. The van der Waals surface area contributed by atoms with Crippen LogP contribution in [0.3, 0.4) is 0 Å². The van der Waals surface area contributed by atoms with Crippen molar-refractivity contribution in [1.29, 1.82) is 0 Å². The van der Waals surface area contributed by atoms with Gasteiger partial charge in [-0.15, -0.1) is 0 Å². The van der Waals surface area contributed by atoms with Gasteiger partial charge in [-0.05, 0) is 26.2 Å². The number of anilines is 2. The van der Waals surface area contributed by atoms with Gasteiger partial charge in [-0.3, -0.25) is 9.78 Å². The van der Waals surface area contributed by atoms with Gasteiger partial charge in [0.15, 0.2) is 0 Å². The number of nitrogens with zero attached hydrogens (tertiary/aromatic N) is 3. The lowest BCUT2D eigenvalue weighted by Gasteiger charge is -2.35. The van der Waals surface area contributed by atoms with Gasteiger partial charge in [0.25, 0.3) is 0 Å². The van der Waals surface area contributed by atoms with Crippen molar-refractivity contribution in [3.63, 3.8) is 0 Å². The molecule has 1 aromatic rings. The number of amides is 1. The first-order chi connectivity index (χ1) is 9.26. The Morgan fingerprint density at radius 3 is 3.05 bits per heavy atom. The van der Waals surface area contributed by atoms with Crippen LogP contribution in [0.4, 0.5) is 11.6 Å². The predicted octanol–water partition coefficient (Wildman–Crippen LogP) is 1.01. The normalized spacial score (nSPS) is 19.1. The average Bonchev–Trinajstić information content (AvgIpc) is 2.47. The number of likely N-dealkylation sites (N-methyl/N-ethyl adjacent to an activating group) is 1. The summed E-state index contributed by atoms with van der Waals surface area (Å²) in [4.78, 5) is 22.7. The topological polar surface area (TPSA) is 70.2 Å². The molecule has 0 bridgehead atoms. The average molecular weight is 263 g/mol. The molecule has 1 amide bonds. The smallest absolute Gasteiger partial charge is 0.242 e. The van der Waals surface area contributed by atoms with E-state index in [9.17, 15) is 4.79 Å². The highest BCUT2D eigenvalue weighted by Crippen LogP contribution is 2.23. The Morgan fingerprint density at radius 2 is 2.32 bits per heavy atom. The van der Waals surface area contributed by atoms with E-state index in [1.807, 2.05) is 6.92 Å². The second-order valence-corrected chi connectivity index (χ2v) is 4.61. The number of rotatable bonds is 4. The maximum Gasteiger partial charge on any atom is 0.242 e. The van der Waals surface area contributed by atoms with E-state index in [2.05, 4.69) is 25.5 Å². The minimum atomic E-state index is -0.134. The third kappa shape index (κ3) is 3.13. The number of aromatic nitrogens is 2. The van der Waals surface area contributed by atoms with Gasteiger partial charge in [-0.1, -0.05) is 0 Å². The Hall–Kier alpha value is -1.85. The maximum absolute atomic E-state index is 11.9. The lowest BCUT2D eigenvalue weighted by Crippen LogP contribution is -2.49. The summed E-state index contributed by atoms with van der Waals surface area (Å²) >= 11 is 0. The molecule has 19 heavy (non-hydrogen) atoms. The molecule has 1 unspecified atom stereocenters. The molecule has 2 rings (SSSR count). The van der Waals surface area contributed by atoms with Gasteiger partial charge in [0.1, 0.15) is 17.7 Å². The van der Waals surface area contributed by atoms with Crippen LogP contribution in [0.5, 0.6) is 0 Å². The highest BCUT2D eigenvalue weighted by Gasteiger charge is 2.29. The lowest BCUT2D eigenvalue weighted by molar-refractivity contribution is -0.122. The van der Waals surface area contributed by atoms with Gasteiger partial charge in [0.2, 0.25) is 5.91 Å². The Bertz CT molecular complexity index is 437. The molecule has 0 spiro atoms. The first-order valence-electron chi connectivity index (χ1n) is 6.80. The van der Waals surface area contributed by atoms with E-state index >= 15 is 0 Å². The number of hydrogen-bond donors (Lipinski definition) is 2. The first kappa shape index (κ1) is 13.6. The molecule has 0 radical (unpaired) electrons. The number of carbonyl (C=O) groups is 1. The number of nitrogens with one attached hydrogen (secondary N) is 2. The molecular weight excluding hydrogens is 242 g/mol. The van der Waals surface area contributed by atoms with Gasteiger partial charge in [-0.2, -0.15) is 0 Å². The van der Waals surface area contributed by atoms with Crippen molar-refractivity contribution in [2.45, 2.75) is 32.2 Å². The lowest BCUT2D eigenvalue weighted by atomic mass is 10.0. The van der Waals surface area contributed by atoms with Gasteiger partial charge in [0.05, 0.1) is 12.4 Å². The zero-order valence-corrected chi connectivity index (χ0v) is 11.5. The van der Waals surface area contributed by atoms with E-state index in [1.54, 1.807) is 19.4 Å². The fraction of sp³-hybridized carbons (Fsp3) is 0.615. The number of carbonyl (C=O) groups excluding carboxylic acids is 1. The van der Waals surface area contributed by atoms with E-state index in [0.29, 0.717) is 0 Å². The van der Waals surface area contributed by atoms with E-state index in [4.69, 9.17) is 0 Å². The number of hydrogen-bond acceptors (Lipinski definition) is 5. The van der Waals surface area contributed by atoms with Gasteiger partial charge in [0, 0.05) is 20.1 Å². The summed E-state index contributed by atoms with van der Waals surface area (Å²) in [6, 6.07) is -0.134. The first-order valence-corrected chi connectivity index (χ1v) is 6.80. The fourth-order valence-electron chi connectivity index (χ4n) is 2.41. The largest absolute Gasteiger partial charge is 0.369 e. The molecule has 6 nitrogen and oxygen atoms in total. The molecule has 0 saturated carbocycles. The highest BCUT2D eigenvalue weighted by molar-refractivity contribution is 5.84. The second-order valence-electron chi connectivity index (χ2n) is 4.61. The molecule has 0 aliphatic carbocycles. The van der Waals surface area contributed by atoms with Crippen molar-refractivity contribution >= 4 is 17.5 Å². The predicted molar refractivity (Wildman–Crippen MR) is 75.2 cm³/mol. The summed E-state index contributed by atoms with van der Waals surface area (Å²) < 4.78 is 0. The zero-order valence-electron chi connectivity index (χ0n) is 11.5. The van der Waals surface area contributed by atoms with Crippen molar-refractivity contribution in [3.8, 4) is 0 Å². The van der Waals surface area contributed by atoms with Crippen LogP contribution in [0.25, 0.3) is 0 Å². The Balaban J connectivity index is 2.21. The molecular formula is C13H21N5O. The molecule has 1 saturated heterocycles. The summed E-state index contributed by atoms with van der Waals surface area (Å²) in [5, 5.41) is 5.87. The molecule has 1 fully saturated rings. The Kier molecular flexibility index (Phi) is 4.54. The summed E-state index contributed by atoms with van der Waals surface area (Å²) in [7, 11) is 1.68. The van der Waals surface area contributed by atoms with E-state index in [-0.39, 0.29) is 11.9 Å². The molecule has 2 N–H and O–H groups in total. The summed E-state index contributed by atoms with van der Waals surface area (Å²) in [6.45, 7) is 3.67. The monoisotopic (exact) mass is 263 g/mol. The van der Waals surface area contributed by atoms with E-state index in [1.165, 1.54) is 0 Å². The zero-order chi connectivity index (χ0) is 13.7. The van der Waals surface area contributed by atoms with E-state index in [0.717, 1.165) is 44.0 Å². The molecule has 0 aromatic carbocycles. The fourth-order valence-corrected chi connectivity index (χ4v) is 2.41. The quantitative estimate of drug-likeness (QED) is 0.848. The van der Waals surface area contributed by atoms with Crippen molar-refractivity contribution in [2.24, 2.45) is 0 Å². The van der Waals surface area contributed by atoms with E-state index < -0.39 is 0 Å². The second kappa shape index (κ2) is 6.36. The third-order valence-corrected chi connectivity index (χ3v) is 3.33. The van der Waals surface area contributed by atoms with Crippen molar-refractivity contribution in [2.75, 3.05) is 30.4 Å². The molecule has 1 aliphatic rings. The van der Waals surface area contributed by atoms with Crippen LogP contribution in [0, 0.1) is 0 Å². The molecule has 1 atom stereocenters. The SMILES string of the molecule is CCNc1cncc(N2CCCCC2C(=O)NC)n1. The molecule has 1 aliphatic heterocycles. The Labute approximate surface area is 113 Å². The van der Waals surface area contributed by atoms with Gasteiger partial charge >= 0.3 is 0 Å². The summed E-state index contributed by atoms with van der Waals surface area (Å²) in [5.41, 5.74) is 0. The van der Waals surface area contributed by atoms with Crippen molar-refractivity contribution < 1.29 is 4.79 Å². The van der Waals surface area contributed by atoms with Crippen LogP contribution < -0.4 is 15.5 Å². The standard InChI is InChI=1S/C13H21N5O/c1-3-16-11-8-15-9-12(17-11)18-7-5-4-6-10(18)13(19)14-2/h8-10H,3-7H2,1-2H3,(H,14,19)(H,16,17). The third-order valence-electron chi connectivity index (χ3n) is 3.33. The highest BCUT2D eigenvalue weighted by atomic mass is 16.2. The van der Waals surface area contributed by atoms with Gasteiger partial charge in [-0.25, -0.2) is 4.98 Å². The van der Waals surface area contributed by atoms with Crippen LogP contribution in [-0.4, -0.2) is 42.1 Å².